The zero-order valence-corrected chi connectivity index (χ0v) is 13.7. The molecule has 25 heavy (non-hydrogen) atoms. The van der Waals surface area contributed by atoms with Gasteiger partial charge in [0.15, 0.2) is 5.78 Å². The van der Waals surface area contributed by atoms with Crippen molar-refractivity contribution < 1.29 is 27.5 Å². The van der Waals surface area contributed by atoms with Crippen molar-refractivity contribution >= 4 is 11.6 Å². The van der Waals surface area contributed by atoms with Crippen molar-refractivity contribution in [3.05, 3.63) is 65.0 Å². The molecule has 0 unspecified atom stereocenters. The van der Waals surface area contributed by atoms with Gasteiger partial charge in [0, 0.05) is 30.9 Å². The summed E-state index contributed by atoms with van der Waals surface area (Å²) in [5.74, 6) is -2.51. The van der Waals surface area contributed by atoms with Gasteiger partial charge >= 0.3 is 0 Å². The van der Waals surface area contributed by atoms with Gasteiger partial charge in [-0.05, 0) is 25.1 Å². The van der Waals surface area contributed by atoms with Crippen LogP contribution in [0.15, 0.2) is 53.7 Å². The summed E-state index contributed by atoms with van der Waals surface area (Å²) in [4.78, 5) is 23.2. The SMILES string of the molecule is CC(=O)CCC(=O)c1cc(F)ccc1OCC1=C(F)C=C(F)CC=C1. The number of hydrogen-bond donors (Lipinski definition) is 0. The van der Waals surface area contributed by atoms with Crippen molar-refractivity contribution in [2.45, 2.75) is 26.2 Å². The molecule has 0 aliphatic heterocycles. The van der Waals surface area contributed by atoms with Crippen LogP contribution < -0.4 is 4.74 Å². The Balaban J connectivity index is 2.18. The largest absolute Gasteiger partial charge is 0.488 e. The van der Waals surface area contributed by atoms with Gasteiger partial charge in [-0.25, -0.2) is 13.2 Å². The molecule has 1 aromatic carbocycles. The lowest BCUT2D eigenvalue weighted by atomic mass is 10.0. The molecule has 1 aromatic rings. The zero-order chi connectivity index (χ0) is 18.4. The lowest BCUT2D eigenvalue weighted by molar-refractivity contribution is -0.116. The van der Waals surface area contributed by atoms with E-state index in [1.807, 2.05) is 0 Å². The third kappa shape index (κ3) is 5.45. The monoisotopic (exact) mass is 350 g/mol. The van der Waals surface area contributed by atoms with E-state index in [1.54, 1.807) is 0 Å². The number of ether oxygens (including phenoxy) is 1. The van der Waals surface area contributed by atoms with Gasteiger partial charge in [-0.3, -0.25) is 4.79 Å². The molecule has 3 nitrogen and oxygen atoms in total. The van der Waals surface area contributed by atoms with Crippen molar-refractivity contribution in [1.29, 1.82) is 0 Å². The summed E-state index contributed by atoms with van der Waals surface area (Å²) in [7, 11) is 0. The maximum atomic E-state index is 13.9. The number of Topliss-reactive ketones (excluding diaryl/α,β-unsaturated/α-hetero) is 2. The van der Waals surface area contributed by atoms with Crippen molar-refractivity contribution in [2.24, 2.45) is 0 Å². The molecule has 0 N–H and O–H groups in total. The van der Waals surface area contributed by atoms with Gasteiger partial charge in [-0.2, -0.15) is 0 Å². The molecule has 0 bridgehead atoms. The van der Waals surface area contributed by atoms with E-state index in [9.17, 15) is 22.8 Å². The van der Waals surface area contributed by atoms with Crippen LogP contribution in [0, 0.1) is 5.82 Å². The normalized spacial score (nSPS) is 14.2. The number of benzene rings is 1. The smallest absolute Gasteiger partial charge is 0.167 e. The van der Waals surface area contributed by atoms with Gasteiger partial charge in [-0.15, -0.1) is 0 Å². The molecule has 2 rings (SSSR count). The fraction of sp³-hybridized carbons (Fsp3) is 0.263. The number of carbonyl (C=O) groups excluding carboxylic acids is 2. The topological polar surface area (TPSA) is 43.4 Å². The lowest BCUT2D eigenvalue weighted by Gasteiger charge is -2.11. The number of hydrogen-bond acceptors (Lipinski definition) is 3. The van der Waals surface area contributed by atoms with Gasteiger partial charge in [0.05, 0.1) is 5.56 Å². The van der Waals surface area contributed by atoms with Crippen LogP contribution in [0.5, 0.6) is 5.75 Å². The number of carbonyl (C=O) groups is 2. The number of rotatable bonds is 7. The Kier molecular flexibility index (Phi) is 6.33. The summed E-state index contributed by atoms with van der Waals surface area (Å²) in [5.41, 5.74) is 0.0979. The molecular formula is C19H17F3O3. The Bertz CT molecular complexity index is 776. The van der Waals surface area contributed by atoms with E-state index in [0.717, 1.165) is 18.2 Å². The minimum Gasteiger partial charge on any atom is -0.488 e. The van der Waals surface area contributed by atoms with E-state index >= 15 is 0 Å². The Morgan fingerprint density at radius 1 is 1.16 bits per heavy atom. The van der Waals surface area contributed by atoms with Crippen molar-refractivity contribution in [3.8, 4) is 5.75 Å². The summed E-state index contributed by atoms with van der Waals surface area (Å²) in [6.07, 6.45) is 3.60. The molecule has 0 saturated heterocycles. The summed E-state index contributed by atoms with van der Waals surface area (Å²) in [6.45, 7) is 1.11. The zero-order valence-electron chi connectivity index (χ0n) is 13.7. The molecule has 0 spiro atoms. The first kappa shape index (κ1) is 18.7. The van der Waals surface area contributed by atoms with Crippen LogP contribution in [0.25, 0.3) is 0 Å². The molecule has 0 atom stereocenters. The van der Waals surface area contributed by atoms with E-state index in [4.69, 9.17) is 4.74 Å². The second-order valence-corrected chi connectivity index (χ2v) is 5.63. The van der Waals surface area contributed by atoms with Gasteiger partial charge in [0.1, 0.15) is 35.6 Å². The van der Waals surface area contributed by atoms with Crippen LogP contribution in [0.1, 0.15) is 36.5 Å². The second kappa shape index (κ2) is 8.46. The van der Waals surface area contributed by atoms with Crippen LogP contribution in [-0.4, -0.2) is 18.2 Å². The van der Waals surface area contributed by atoms with E-state index < -0.39 is 23.3 Å². The molecule has 0 heterocycles. The van der Waals surface area contributed by atoms with Gasteiger partial charge in [0.2, 0.25) is 0 Å². The molecule has 1 aliphatic rings. The van der Waals surface area contributed by atoms with Crippen LogP contribution >= 0.6 is 0 Å². The quantitative estimate of drug-likeness (QED) is 0.664. The molecule has 0 amide bonds. The predicted octanol–water partition coefficient (Wildman–Crippen LogP) is 4.79. The van der Waals surface area contributed by atoms with E-state index in [1.165, 1.54) is 25.1 Å². The van der Waals surface area contributed by atoms with Crippen LogP contribution in [-0.2, 0) is 4.79 Å². The van der Waals surface area contributed by atoms with Crippen molar-refractivity contribution in [2.75, 3.05) is 6.61 Å². The summed E-state index contributed by atoms with van der Waals surface area (Å²) >= 11 is 0. The van der Waals surface area contributed by atoms with Crippen molar-refractivity contribution in [1.82, 2.24) is 0 Å². The Morgan fingerprint density at radius 3 is 2.64 bits per heavy atom. The first-order valence-corrected chi connectivity index (χ1v) is 7.73. The van der Waals surface area contributed by atoms with Gasteiger partial charge < -0.3 is 9.53 Å². The highest BCUT2D eigenvalue weighted by atomic mass is 19.1. The highest BCUT2D eigenvalue weighted by Crippen LogP contribution is 2.25. The highest BCUT2D eigenvalue weighted by Gasteiger charge is 2.16. The molecule has 0 aromatic heterocycles. The number of halogens is 3. The average molecular weight is 350 g/mol. The number of ketones is 2. The van der Waals surface area contributed by atoms with E-state index in [0.29, 0.717) is 0 Å². The van der Waals surface area contributed by atoms with Crippen LogP contribution in [0.3, 0.4) is 0 Å². The third-order valence-electron chi connectivity index (χ3n) is 3.55. The fourth-order valence-electron chi connectivity index (χ4n) is 2.23. The predicted molar refractivity (Wildman–Crippen MR) is 87.2 cm³/mol. The lowest BCUT2D eigenvalue weighted by Crippen LogP contribution is -2.08. The Labute approximate surface area is 143 Å². The maximum absolute atomic E-state index is 13.9. The van der Waals surface area contributed by atoms with Crippen LogP contribution in [0.4, 0.5) is 13.2 Å². The summed E-state index contributed by atoms with van der Waals surface area (Å²) < 4.78 is 45.9. The minimum absolute atomic E-state index is 0.0117. The standard InChI is InChI=1S/C19H17F3O3/c1-12(23)5-7-18(24)16-9-15(21)6-8-19(16)25-11-13-3-2-4-14(20)10-17(13)22/h2-3,6,8-10H,4-5,7,11H2,1H3. The molecule has 1 aliphatic carbocycles. The van der Waals surface area contributed by atoms with E-state index in [-0.39, 0.29) is 48.5 Å². The molecule has 0 radical (unpaired) electrons. The van der Waals surface area contributed by atoms with Crippen molar-refractivity contribution in [3.63, 3.8) is 0 Å². The second-order valence-electron chi connectivity index (χ2n) is 5.63. The van der Waals surface area contributed by atoms with Gasteiger partial charge in [-0.1, -0.05) is 12.2 Å². The van der Waals surface area contributed by atoms with Gasteiger partial charge in [0.25, 0.3) is 0 Å². The molecule has 132 valence electrons. The average Bonchev–Trinajstić information content (AvgIpc) is 2.71. The Hall–Kier alpha value is -2.63. The number of allylic oxidation sites excluding steroid dienone is 4. The first-order chi connectivity index (χ1) is 11.9. The van der Waals surface area contributed by atoms with Crippen LogP contribution in [0.2, 0.25) is 0 Å². The third-order valence-corrected chi connectivity index (χ3v) is 3.55. The minimum atomic E-state index is -0.766. The molecule has 6 heteroatoms. The molecular weight excluding hydrogens is 333 g/mol. The highest BCUT2D eigenvalue weighted by molar-refractivity contribution is 6.00. The fourth-order valence-corrected chi connectivity index (χ4v) is 2.23. The summed E-state index contributed by atoms with van der Waals surface area (Å²) in [5, 5.41) is 0. The molecule has 0 fully saturated rings. The molecule has 0 saturated carbocycles. The Morgan fingerprint density at radius 2 is 1.92 bits per heavy atom. The first-order valence-electron chi connectivity index (χ1n) is 7.73. The van der Waals surface area contributed by atoms with E-state index in [2.05, 4.69) is 0 Å². The maximum Gasteiger partial charge on any atom is 0.167 e. The summed E-state index contributed by atoms with van der Waals surface area (Å²) in [6, 6.07) is 3.40.